The Morgan fingerprint density at radius 1 is 1.44 bits per heavy atom. The number of benzene rings is 1. The molecule has 1 aromatic rings. The molecule has 88 valence electrons. The van der Waals surface area contributed by atoms with Crippen LogP contribution in [0.2, 0.25) is 0 Å². The van der Waals surface area contributed by atoms with Crippen molar-refractivity contribution >= 4 is 5.97 Å². The van der Waals surface area contributed by atoms with Gasteiger partial charge in [0.25, 0.3) is 0 Å². The quantitative estimate of drug-likeness (QED) is 0.796. The summed E-state index contributed by atoms with van der Waals surface area (Å²) in [6.45, 7) is 3.70. The van der Waals surface area contributed by atoms with E-state index in [0.717, 1.165) is 5.56 Å². The number of halogens is 1. The number of ether oxygens (including phenoxy) is 1. The second-order valence-corrected chi connectivity index (χ2v) is 3.59. The molecule has 0 heterocycles. The number of nitrogens with two attached hydrogens (primary N) is 1. The number of rotatable bonds is 4. The van der Waals surface area contributed by atoms with E-state index >= 15 is 0 Å². The van der Waals surface area contributed by atoms with Crippen LogP contribution in [0.3, 0.4) is 0 Å². The van der Waals surface area contributed by atoms with Crippen LogP contribution < -0.4 is 5.73 Å². The van der Waals surface area contributed by atoms with Crippen molar-refractivity contribution in [1.29, 1.82) is 0 Å². The molecule has 0 radical (unpaired) electrons. The molecule has 0 bridgehead atoms. The van der Waals surface area contributed by atoms with Crippen LogP contribution in [-0.4, -0.2) is 18.7 Å². The van der Waals surface area contributed by atoms with E-state index in [1.807, 2.05) is 19.1 Å². The minimum absolute atomic E-state index is 0.153. The Morgan fingerprint density at radius 2 is 2.00 bits per heavy atom. The predicted molar refractivity (Wildman–Crippen MR) is 59.6 cm³/mol. The van der Waals surface area contributed by atoms with E-state index in [2.05, 4.69) is 4.74 Å². The number of aryl methyl sites for hydroxylation is 1. The van der Waals surface area contributed by atoms with Crippen LogP contribution in [0, 0.1) is 6.92 Å². The number of esters is 1. The minimum Gasteiger partial charge on any atom is -0.464 e. The number of hydrogen-bond donors (Lipinski definition) is 1. The fraction of sp³-hybridized carbons (Fsp3) is 0.417. The maximum absolute atomic E-state index is 13.6. The van der Waals surface area contributed by atoms with Gasteiger partial charge in [0, 0.05) is 0 Å². The average molecular weight is 225 g/mol. The molecule has 0 amide bonds. The van der Waals surface area contributed by atoms with Gasteiger partial charge in [0.15, 0.2) is 0 Å². The minimum atomic E-state index is -1.82. The summed E-state index contributed by atoms with van der Waals surface area (Å²) in [7, 11) is 0. The van der Waals surface area contributed by atoms with Crippen LogP contribution in [0.1, 0.15) is 24.1 Å². The monoisotopic (exact) mass is 225 g/mol. The van der Waals surface area contributed by atoms with Gasteiger partial charge in [-0.15, -0.1) is 0 Å². The SMILES string of the molecule is CCOC(=O)C(F)[C@@H](N)c1ccc(C)cc1. The van der Waals surface area contributed by atoms with Crippen LogP contribution in [0.15, 0.2) is 24.3 Å². The number of carbonyl (C=O) groups excluding carboxylic acids is 1. The molecule has 0 aliphatic heterocycles. The van der Waals surface area contributed by atoms with Gasteiger partial charge in [0.2, 0.25) is 6.17 Å². The lowest BCUT2D eigenvalue weighted by Crippen LogP contribution is -2.31. The summed E-state index contributed by atoms with van der Waals surface area (Å²) in [5, 5.41) is 0. The maximum atomic E-state index is 13.6. The lowest BCUT2D eigenvalue weighted by Gasteiger charge is -2.15. The van der Waals surface area contributed by atoms with Crippen LogP contribution in [0.4, 0.5) is 4.39 Å². The summed E-state index contributed by atoms with van der Waals surface area (Å²) in [6, 6.07) is 6.11. The Labute approximate surface area is 94.4 Å². The highest BCUT2D eigenvalue weighted by Crippen LogP contribution is 2.18. The largest absolute Gasteiger partial charge is 0.464 e. The number of alkyl halides is 1. The zero-order chi connectivity index (χ0) is 12.1. The lowest BCUT2D eigenvalue weighted by atomic mass is 10.0. The van der Waals surface area contributed by atoms with Crippen molar-refractivity contribution in [1.82, 2.24) is 0 Å². The number of hydrogen-bond acceptors (Lipinski definition) is 3. The van der Waals surface area contributed by atoms with Gasteiger partial charge in [0.1, 0.15) is 0 Å². The first kappa shape index (κ1) is 12.6. The van der Waals surface area contributed by atoms with Gasteiger partial charge in [-0.05, 0) is 19.4 Å². The Bertz CT molecular complexity index is 351. The summed E-state index contributed by atoms with van der Waals surface area (Å²) in [5.41, 5.74) is 7.29. The van der Waals surface area contributed by atoms with Crippen molar-refractivity contribution in [3.63, 3.8) is 0 Å². The molecule has 0 saturated carbocycles. The van der Waals surface area contributed by atoms with E-state index in [1.54, 1.807) is 19.1 Å². The highest BCUT2D eigenvalue weighted by Gasteiger charge is 2.27. The van der Waals surface area contributed by atoms with E-state index < -0.39 is 18.2 Å². The maximum Gasteiger partial charge on any atom is 0.342 e. The molecule has 3 nitrogen and oxygen atoms in total. The molecule has 4 heteroatoms. The standard InChI is InChI=1S/C12H16FNO2/c1-3-16-12(15)10(13)11(14)9-6-4-8(2)5-7-9/h4-7,10-11H,3,14H2,1-2H3/t10?,11-/m0/s1. The average Bonchev–Trinajstić information content (AvgIpc) is 2.28. The van der Waals surface area contributed by atoms with E-state index in [4.69, 9.17) is 5.73 Å². The molecular formula is C12H16FNO2. The summed E-state index contributed by atoms with van der Waals surface area (Å²) in [6.07, 6.45) is -1.82. The van der Waals surface area contributed by atoms with E-state index in [-0.39, 0.29) is 6.61 Å². The molecule has 1 aromatic carbocycles. The van der Waals surface area contributed by atoms with Crippen molar-refractivity contribution in [3.8, 4) is 0 Å². The smallest absolute Gasteiger partial charge is 0.342 e. The molecule has 2 N–H and O–H groups in total. The van der Waals surface area contributed by atoms with Crippen LogP contribution in [0.5, 0.6) is 0 Å². The fourth-order valence-electron chi connectivity index (χ4n) is 1.33. The molecular weight excluding hydrogens is 209 g/mol. The van der Waals surface area contributed by atoms with Gasteiger partial charge in [-0.3, -0.25) is 0 Å². The molecule has 0 aromatic heterocycles. The van der Waals surface area contributed by atoms with Crippen molar-refractivity contribution in [2.24, 2.45) is 5.73 Å². The molecule has 0 spiro atoms. The van der Waals surface area contributed by atoms with Crippen molar-refractivity contribution in [3.05, 3.63) is 35.4 Å². The Hall–Kier alpha value is -1.42. The molecule has 0 saturated heterocycles. The van der Waals surface area contributed by atoms with Gasteiger partial charge in [-0.1, -0.05) is 29.8 Å². The lowest BCUT2D eigenvalue weighted by molar-refractivity contribution is -0.149. The fourth-order valence-corrected chi connectivity index (χ4v) is 1.33. The molecule has 0 fully saturated rings. The second-order valence-electron chi connectivity index (χ2n) is 3.59. The van der Waals surface area contributed by atoms with Crippen molar-refractivity contribution in [2.45, 2.75) is 26.1 Å². The zero-order valence-corrected chi connectivity index (χ0v) is 9.44. The first-order valence-corrected chi connectivity index (χ1v) is 5.19. The molecule has 1 rings (SSSR count). The van der Waals surface area contributed by atoms with Crippen molar-refractivity contribution < 1.29 is 13.9 Å². The molecule has 0 aliphatic carbocycles. The van der Waals surface area contributed by atoms with Gasteiger partial charge in [-0.25, -0.2) is 9.18 Å². The van der Waals surface area contributed by atoms with Crippen LogP contribution in [-0.2, 0) is 9.53 Å². The topological polar surface area (TPSA) is 52.3 Å². The molecule has 1 unspecified atom stereocenters. The van der Waals surface area contributed by atoms with Gasteiger partial charge >= 0.3 is 5.97 Å². The second kappa shape index (κ2) is 5.61. The molecule has 2 atom stereocenters. The Kier molecular flexibility index (Phi) is 4.43. The Morgan fingerprint density at radius 3 is 2.50 bits per heavy atom. The summed E-state index contributed by atoms with van der Waals surface area (Å²) < 4.78 is 18.1. The van der Waals surface area contributed by atoms with Gasteiger partial charge in [-0.2, -0.15) is 0 Å². The third kappa shape index (κ3) is 3.03. The van der Waals surface area contributed by atoms with E-state index in [0.29, 0.717) is 5.56 Å². The highest BCUT2D eigenvalue weighted by atomic mass is 19.1. The van der Waals surface area contributed by atoms with Crippen molar-refractivity contribution in [2.75, 3.05) is 6.61 Å². The van der Waals surface area contributed by atoms with E-state index in [9.17, 15) is 9.18 Å². The first-order chi connectivity index (χ1) is 7.56. The predicted octanol–water partition coefficient (Wildman–Crippen LogP) is 1.90. The first-order valence-electron chi connectivity index (χ1n) is 5.19. The summed E-state index contributed by atoms with van der Waals surface area (Å²) >= 11 is 0. The van der Waals surface area contributed by atoms with E-state index in [1.165, 1.54) is 0 Å². The third-order valence-electron chi connectivity index (χ3n) is 2.29. The molecule has 0 aliphatic rings. The summed E-state index contributed by atoms with van der Waals surface area (Å²) in [4.78, 5) is 11.1. The third-order valence-corrected chi connectivity index (χ3v) is 2.29. The highest BCUT2D eigenvalue weighted by molar-refractivity contribution is 5.75. The normalized spacial score (nSPS) is 14.2. The number of carbonyl (C=O) groups is 1. The van der Waals surface area contributed by atoms with Gasteiger partial charge in [0.05, 0.1) is 12.6 Å². The zero-order valence-electron chi connectivity index (χ0n) is 9.44. The van der Waals surface area contributed by atoms with Crippen LogP contribution >= 0.6 is 0 Å². The Balaban J connectivity index is 2.73. The summed E-state index contributed by atoms with van der Waals surface area (Å²) in [5.74, 6) is -0.907. The molecule has 16 heavy (non-hydrogen) atoms. The van der Waals surface area contributed by atoms with Crippen LogP contribution in [0.25, 0.3) is 0 Å². The van der Waals surface area contributed by atoms with Gasteiger partial charge < -0.3 is 10.5 Å².